The highest BCUT2D eigenvalue weighted by molar-refractivity contribution is 7.80. The summed E-state index contributed by atoms with van der Waals surface area (Å²) >= 11 is 4.47. The van der Waals surface area contributed by atoms with E-state index in [0.717, 1.165) is 0 Å². The summed E-state index contributed by atoms with van der Waals surface area (Å²) < 4.78 is 0. The van der Waals surface area contributed by atoms with Crippen molar-refractivity contribution in [2.75, 3.05) is 0 Å². The Bertz CT molecular complexity index is 296. The molecule has 0 radical (unpaired) electrons. The number of thiocarbonyl (C=S) groups is 1. The molecule has 0 unspecified atom stereocenters. The summed E-state index contributed by atoms with van der Waals surface area (Å²) in [5.41, 5.74) is 5.08. The predicted molar refractivity (Wildman–Crippen MR) is 50.7 cm³/mol. The normalized spacial score (nSPS) is 9.23. The first-order chi connectivity index (χ1) is 6.18. The van der Waals surface area contributed by atoms with Gasteiger partial charge in [-0.3, -0.25) is 5.32 Å². The molecule has 1 aromatic heterocycles. The van der Waals surface area contributed by atoms with Crippen LogP contribution < -0.4 is 16.4 Å². The first kappa shape index (κ1) is 9.46. The minimum absolute atomic E-state index is 0.0584. The van der Waals surface area contributed by atoms with Gasteiger partial charge in [-0.25, -0.2) is 9.78 Å². The van der Waals surface area contributed by atoms with Crippen molar-refractivity contribution in [3.05, 3.63) is 18.2 Å². The number of hydrogen-bond donors (Lipinski definition) is 4. The van der Waals surface area contributed by atoms with Crippen LogP contribution in [0, 0.1) is 0 Å². The lowest BCUT2D eigenvalue weighted by Gasteiger charge is -2.03. The zero-order chi connectivity index (χ0) is 9.68. The lowest BCUT2D eigenvalue weighted by molar-refractivity contribution is 0.244. The van der Waals surface area contributed by atoms with Gasteiger partial charge < -0.3 is 16.0 Å². The highest BCUT2D eigenvalue weighted by Gasteiger charge is 2.00. The van der Waals surface area contributed by atoms with Gasteiger partial charge in [0.2, 0.25) is 0 Å². The molecule has 2 amide bonds. The summed E-state index contributed by atoms with van der Waals surface area (Å²) in [6.07, 6.45) is 3.27. The quantitative estimate of drug-likeness (QED) is 0.481. The smallest absolute Gasteiger partial charge is 0.321 e. The Morgan fingerprint density at radius 3 is 3.08 bits per heavy atom. The molecule has 70 valence electrons. The number of rotatable bonds is 2. The molecule has 5 N–H and O–H groups in total. The van der Waals surface area contributed by atoms with Gasteiger partial charge in [-0.15, -0.1) is 0 Å². The Morgan fingerprint density at radius 2 is 2.54 bits per heavy atom. The van der Waals surface area contributed by atoms with Gasteiger partial charge in [0.15, 0.2) is 5.11 Å². The van der Waals surface area contributed by atoms with Crippen molar-refractivity contribution in [1.82, 2.24) is 20.6 Å². The Balaban J connectivity index is 2.27. The number of nitrogens with zero attached hydrogens (tertiary/aromatic N) is 1. The van der Waals surface area contributed by atoms with Crippen LogP contribution in [0.5, 0.6) is 0 Å². The highest BCUT2D eigenvalue weighted by atomic mass is 32.1. The van der Waals surface area contributed by atoms with Gasteiger partial charge in [0.05, 0.1) is 6.54 Å². The van der Waals surface area contributed by atoms with E-state index in [1.165, 1.54) is 0 Å². The van der Waals surface area contributed by atoms with E-state index in [1.54, 1.807) is 12.4 Å². The van der Waals surface area contributed by atoms with Crippen molar-refractivity contribution in [2.45, 2.75) is 6.54 Å². The SMILES string of the molecule is NC(=S)NC(=O)NCc1ncc[nH]1. The van der Waals surface area contributed by atoms with E-state index in [-0.39, 0.29) is 5.11 Å². The lowest BCUT2D eigenvalue weighted by atomic mass is 10.6. The number of carbonyl (C=O) groups is 1. The summed E-state index contributed by atoms with van der Waals surface area (Å²) in [4.78, 5) is 17.7. The molecule has 0 aliphatic heterocycles. The van der Waals surface area contributed by atoms with E-state index in [9.17, 15) is 4.79 Å². The number of aromatic nitrogens is 2. The zero-order valence-corrected chi connectivity index (χ0v) is 7.52. The highest BCUT2D eigenvalue weighted by Crippen LogP contribution is 1.85. The van der Waals surface area contributed by atoms with Crippen LogP contribution >= 0.6 is 12.2 Å². The van der Waals surface area contributed by atoms with Gasteiger partial charge >= 0.3 is 6.03 Å². The lowest BCUT2D eigenvalue weighted by Crippen LogP contribution is -2.41. The maximum Gasteiger partial charge on any atom is 0.321 e. The van der Waals surface area contributed by atoms with Crippen LogP contribution in [0.4, 0.5) is 4.79 Å². The molecule has 1 aromatic rings. The number of urea groups is 1. The van der Waals surface area contributed by atoms with Crippen LogP contribution in [-0.4, -0.2) is 21.1 Å². The summed E-state index contributed by atoms with van der Waals surface area (Å²) in [5.74, 6) is 0.665. The van der Waals surface area contributed by atoms with Crippen LogP contribution in [0.25, 0.3) is 0 Å². The second-order valence-electron chi connectivity index (χ2n) is 2.21. The van der Waals surface area contributed by atoms with Crippen molar-refractivity contribution in [3.63, 3.8) is 0 Å². The average molecular weight is 199 g/mol. The molecule has 0 saturated carbocycles. The van der Waals surface area contributed by atoms with Crippen LogP contribution in [-0.2, 0) is 6.54 Å². The fraction of sp³-hybridized carbons (Fsp3) is 0.167. The number of amides is 2. The zero-order valence-electron chi connectivity index (χ0n) is 6.70. The van der Waals surface area contributed by atoms with Gasteiger partial charge in [-0.1, -0.05) is 0 Å². The van der Waals surface area contributed by atoms with E-state index in [0.29, 0.717) is 12.4 Å². The monoisotopic (exact) mass is 199 g/mol. The van der Waals surface area contributed by atoms with Crippen LogP contribution in [0.1, 0.15) is 5.82 Å². The van der Waals surface area contributed by atoms with Crippen molar-refractivity contribution < 1.29 is 4.79 Å². The second-order valence-corrected chi connectivity index (χ2v) is 2.65. The number of aromatic amines is 1. The summed E-state index contributed by atoms with van der Waals surface area (Å²) in [7, 11) is 0. The molecule has 0 spiro atoms. The maximum atomic E-state index is 10.9. The molecule has 0 fully saturated rings. The van der Waals surface area contributed by atoms with Gasteiger partial charge in [-0.2, -0.15) is 0 Å². The van der Waals surface area contributed by atoms with Gasteiger partial charge in [-0.05, 0) is 12.2 Å². The molecule has 7 heteroatoms. The van der Waals surface area contributed by atoms with Crippen molar-refractivity contribution in [2.24, 2.45) is 5.73 Å². The number of imidazole rings is 1. The number of nitrogens with one attached hydrogen (secondary N) is 3. The van der Waals surface area contributed by atoms with Crippen LogP contribution in [0.15, 0.2) is 12.4 Å². The third kappa shape index (κ3) is 3.52. The van der Waals surface area contributed by atoms with E-state index in [2.05, 4.69) is 32.8 Å². The third-order valence-corrected chi connectivity index (χ3v) is 1.31. The van der Waals surface area contributed by atoms with Gasteiger partial charge in [0, 0.05) is 12.4 Å². The third-order valence-electron chi connectivity index (χ3n) is 1.21. The predicted octanol–water partition coefficient (Wildman–Crippen LogP) is -0.548. The van der Waals surface area contributed by atoms with Gasteiger partial charge in [0.25, 0.3) is 0 Å². The van der Waals surface area contributed by atoms with E-state index >= 15 is 0 Å². The van der Waals surface area contributed by atoms with E-state index < -0.39 is 6.03 Å². The van der Waals surface area contributed by atoms with E-state index in [1.807, 2.05) is 0 Å². The van der Waals surface area contributed by atoms with Crippen molar-refractivity contribution >= 4 is 23.4 Å². The fourth-order valence-electron chi connectivity index (χ4n) is 0.715. The van der Waals surface area contributed by atoms with Crippen molar-refractivity contribution in [3.8, 4) is 0 Å². The average Bonchev–Trinajstić information content (AvgIpc) is 2.51. The molecule has 0 aliphatic carbocycles. The molecule has 1 heterocycles. The summed E-state index contributed by atoms with van der Waals surface area (Å²) in [6, 6.07) is -0.441. The van der Waals surface area contributed by atoms with Gasteiger partial charge in [0.1, 0.15) is 5.82 Å². The largest absolute Gasteiger partial charge is 0.376 e. The Hall–Kier alpha value is -1.63. The summed E-state index contributed by atoms with van der Waals surface area (Å²) in [6.45, 7) is 0.307. The van der Waals surface area contributed by atoms with Crippen LogP contribution in [0.3, 0.4) is 0 Å². The molecule has 0 aliphatic rings. The summed E-state index contributed by atoms with van der Waals surface area (Å²) in [5, 5.41) is 4.67. The first-order valence-corrected chi connectivity index (χ1v) is 3.92. The topological polar surface area (TPSA) is 95.8 Å². The number of hydrogen-bond acceptors (Lipinski definition) is 3. The van der Waals surface area contributed by atoms with E-state index in [4.69, 9.17) is 5.73 Å². The molecular weight excluding hydrogens is 190 g/mol. The number of H-pyrrole nitrogens is 1. The number of carbonyl (C=O) groups excluding carboxylic acids is 1. The molecule has 6 nitrogen and oxygen atoms in total. The molecule has 0 atom stereocenters. The molecule has 0 aromatic carbocycles. The minimum atomic E-state index is -0.441. The standard InChI is InChI=1S/C6H9N5OS/c7-5(13)11-6(12)10-3-4-8-1-2-9-4/h1-2H,3H2,(H,8,9)(H4,7,10,11,12,13). The molecular formula is C6H9N5OS. The molecule has 0 saturated heterocycles. The minimum Gasteiger partial charge on any atom is -0.376 e. The number of nitrogens with two attached hydrogens (primary N) is 1. The Kier molecular flexibility index (Phi) is 3.21. The first-order valence-electron chi connectivity index (χ1n) is 3.51. The molecule has 1 rings (SSSR count). The Labute approximate surface area is 79.9 Å². The van der Waals surface area contributed by atoms with Crippen molar-refractivity contribution in [1.29, 1.82) is 0 Å². The Morgan fingerprint density at radius 1 is 1.77 bits per heavy atom. The van der Waals surface area contributed by atoms with Crippen LogP contribution in [0.2, 0.25) is 0 Å². The molecule has 0 bridgehead atoms. The maximum absolute atomic E-state index is 10.9. The molecule has 13 heavy (non-hydrogen) atoms. The second kappa shape index (κ2) is 4.41. The fourth-order valence-corrected chi connectivity index (χ4v) is 0.807.